The Hall–Kier alpha value is -1.45. The van der Waals surface area contributed by atoms with E-state index in [1.165, 1.54) is 11.1 Å². The summed E-state index contributed by atoms with van der Waals surface area (Å²) in [5.74, 6) is -0.106. The van der Waals surface area contributed by atoms with E-state index in [2.05, 4.69) is 0 Å². The van der Waals surface area contributed by atoms with Crippen molar-refractivity contribution in [1.82, 2.24) is 0 Å². The van der Waals surface area contributed by atoms with Crippen LogP contribution in [-0.4, -0.2) is 15.7 Å². The van der Waals surface area contributed by atoms with Gasteiger partial charge in [-0.25, -0.2) is 0 Å². The lowest BCUT2D eigenvalue weighted by Gasteiger charge is -2.05. The Labute approximate surface area is 131 Å². The SMILES string of the molecule is O=C(CS(=O)c1ccc2c(c1)CCC2)c1ccc(Cl)cc1. The van der Waals surface area contributed by atoms with Crippen LogP contribution in [0.5, 0.6) is 0 Å². The highest BCUT2D eigenvalue weighted by Crippen LogP contribution is 2.24. The maximum absolute atomic E-state index is 12.4. The smallest absolute Gasteiger partial charge is 0.175 e. The molecule has 1 atom stereocenters. The van der Waals surface area contributed by atoms with Gasteiger partial charge in [-0.1, -0.05) is 17.7 Å². The zero-order valence-electron chi connectivity index (χ0n) is 11.5. The van der Waals surface area contributed by atoms with Crippen LogP contribution in [0.1, 0.15) is 27.9 Å². The van der Waals surface area contributed by atoms with E-state index in [0.717, 1.165) is 24.2 Å². The lowest BCUT2D eigenvalue weighted by Crippen LogP contribution is -2.11. The topological polar surface area (TPSA) is 34.1 Å². The first-order valence-corrected chi connectivity index (χ1v) is 8.62. The first-order chi connectivity index (χ1) is 10.1. The van der Waals surface area contributed by atoms with Crippen LogP contribution in [0.25, 0.3) is 0 Å². The van der Waals surface area contributed by atoms with Crippen LogP contribution < -0.4 is 0 Å². The maximum Gasteiger partial charge on any atom is 0.175 e. The summed E-state index contributed by atoms with van der Waals surface area (Å²) in [6.45, 7) is 0. The number of rotatable bonds is 4. The Morgan fingerprint density at radius 1 is 1.05 bits per heavy atom. The number of ketones is 1. The second-order valence-electron chi connectivity index (χ2n) is 5.20. The van der Waals surface area contributed by atoms with Crippen LogP contribution in [0.2, 0.25) is 5.02 Å². The molecule has 0 spiro atoms. The number of carbonyl (C=O) groups is 1. The molecule has 1 aliphatic rings. The summed E-state index contributed by atoms with van der Waals surface area (Å²) in [5.41, 5.74) is 3.17. The van der Waals surface area contributed by atoms with Gasteiger partial charge in [-0.15, -0.1) is 0 Å². The van der Waals surface area contributed by atoms with Crippen molar-refractivity contribution < 1.29 is 9.00 Å². The van der Waals surface area contributed by atoms with Crippen LogP contribution in [0.3, 0.4) is 0 Å². The standard InChI is InChI=1S/C17H15ClO2S/c18-15-7-4-13(5-8-15)17(19)11-21(20)16-9-6-12-2-1-3-14(12)10-16/h4-10H,1-3,11H2. The third-order valence-corrected chi connectivity index (χ3v) is 5.32. The Morgan fingerprint density at radius 2 is 1.76 bits per heavy atom. The quantitative estimate of drug-likeness (QED) is 0.803. The Kier molecular flexibility index (Phi) is 4.22. The van der Waals surface area contributed by atoms with E-state index in [1.54, 1.807) is 24.3 Å². The van der Waals surface area contributed by atoms with Crippen molar-refractivity contribution in [1.29, 1.82) is 0 Å². The predicted molar refractivity (Wildman–Crippen MR) is 85.5 cm³/mol. The summed E-state index contributed by atoms with van der Waals surface area (Å²) >= 11 is 5.80. The van der Waals surface area contributed by atoms with Gasteiger partial charge in [0, 0.05) is 15.5 Å². The molecule has 108 valence electrons. The molecule has 0 bridgehead atoms. The predicted octanol–water partition coefficient (Wildman–Crippen LogP) is 3.82. The third kappa shape index (κ3) is 3.25. The molecule has 1 unspecified atom stereocenters. The van der Waals surface area contributed by atoms with Crippen molar-refractivity contribution in [3.8, 4) is 0 Å². The van der Waals surface area contributed by atoms with Crippen molar-refractivity contribution in [2.45, 2.75) is 24.2 Å². The summed E-state index contributed by atoms with van der Waals surface area (Å²) in [6.07, 6.45) is 3.31. The number of fused-ring (bicyclic) bond motifs is 1. The van der Waals surface area contributed by atoms with Crippen LogP contribution in [0.15, 0.2) is 47.4 Å². The molecule has 0 amide bonds. The fraction of sp³-hybridized carbons (Fsp3) is 0.235. The van der Waals surface area contributed by atoms with Crippen molar-refractivity contribution in [2.24, 2.45) is 0 Å². The minimum atomic E-state index is -1.29. The van der Waals surface area contributed by atoms with Gasteiger partial charge in [-0.2, -0.15) is 0 Å². The molecule has 2 aromatic rings. The summed E-state index contributed by atoms with van der Waals surface area (Å²) in [6, 6.07) is 12.6. The normalized spacial score (nSPS) is 14.7. The molecule has 0 saturated carbocycles. The van der Waals surface area contributed by atoms with Gasteiger partial charge in [0.15, 0.2) is 5.78 Å². The number of carbonyl (C=O) groups excluding carboxylic acids is 1. The maximum atomic E-state index is 12.4. The van der Waals surface area contributed by atoms with Gasteiger partial charge in [0.2, 0.25) is 0 Å². The fourth-order valence-electron chi connectivity index (χ4n) is 2.61. The molecular formula is C17H15ClO2S. The summed E-state index contributed by atoms with van der Waals surface area (Å²) < 4.78 is 12.4. The summed E-state index contributed by atoms with van der Waals surface area (Å²) in [4.78, 5) is 12.9. The van der Waals surface area contributed by atoms with E-state index in [9.17, 15) is 9.00 Å². The largest absolute Gasteiger partial charge is 0.293 e. The number of hydrogen-bond donors (Lipinski definition) is 0. The van der Waals surface area contributed by atoms with E-state index < -0.39 is 10.8 Å². The van der Waals surface area contributed by atoms with Gasteiger partial charge in [-0.3, -0.25) is 9.00 Å². The number of benzene rings is 2. The van der Waals surface area contributed by atoms with E-state index in [-0.39, 0.29) is 11.5 Å². The molecule has 0 aliphatic heterocycles. The molecule has 3 rings (SSSR count). The average molecular weight is 319 g/mol. The molecule has 0 aromatic heterocycles. The molecular weight excluding hydrogens is 304 g/mol. The van der Waals surface area contributed by atoms with Crippen LogP contribution in [-0.2, 0) is 23.6 Å². The molecule has 0 radical (unpaired) electrons. The minimum Gasteiger partial charge on any atom is -0.293 e. The monoisotopic (exact) mass is 318 g/mol. The molecule has 0 heterocycles. The minimum absolute atomic E-state index is 0.0143. The van der Waals surface area contributed by atoms with Gasteiger partial charge in [0.25, 0.3) is 0 Å². The first-order valence-electron chi connectivity index (χ1n) is 6.92. The molecule has 0 saturated heterocycles. The van der Waals surface area contributed by atoms with Gasteiger partial charge >= 0.3 is 0 Å². The molecule has 2 nitrogen and oxygen atoms in total. The van der Waals surface area contributed by atoms with E-state index in [4.69, 9.17) is 11.6 Å². The van der Waals surface area contributed by atoms with Crippen LogP contribution in [0, 0.1) is 0 Å². The highest BCUT2D eigenvalue weighted by Gasteiger charge is 2.16. The fourth-order valence-corrected chi connectivity index (χ4v) is 3.80. The second-order valence-corrected chi connectivity index (χ2v) is 7.09. The Morgan fingerprint density at radius 3 is 2.52 bits per heavy atom. The molecule has 0 fully saturated rings. The molecule has 4 heteroatoms. The molecule has 21 heavy (non-hydrogen) atoms. The molecule has 1 aliphatic carbocycles. The number of Topliss-reactive ketones (excluding diaryl/α,β-unsaturated/α-hetero) is 1. The van der Waals surface area contributed by atoms with Gasteiger partial charge in [0.1, 0.15) is 0 Å². The van der Waals surface area contributed by atoms with Gasteiger partial charge in [-0.05, 0) is 66.8 Å². The second kappa shape index (κ2) is 6.12. The number of halogens is 1. The van der Waals surface area contributed by atoms with Crippen molar-refractivity contribution >= 4 is 28.2 Å². The lowest BCUT2D eigenvalue weighted by atomic mass is 10.1. The van der Waals surface area contributed by atoms with Crippen LogP contribution >= 0.6 is 11.6 Å². The van der Waals surface area contributed by atoms with E-state index in [1.807, 2.05) is 18.2 Å². The molecule has 2 aromatic carbocycles. The first kappa shape index (κ1) is 14.5. The van der Waals surface area contributed by atoms with Crippen molar-refractivity contribution in [2.75, 3.05) is 5.75 Å². The Bertz CT molecular complexity index is 707. The van der Waals surface area contributed by atoms with Crippen molar-refractivity contribution in [3.05, 3.63) is 64.2 Å². The van der Waals surface area contributed by atoms with Gasteiger partial charge in [0.05, 0.1) is 16.6 Å². The Balaban J connectivity index is 1.74. The van der Waals surface area contributed by atoms with Crippen molar-refractivity contribution in [3.63, 3.8) is 0 Å². The van der Waals surface area contributed by atoms with Gasteiger partial charge < -0.3 is 0 Å². The highest BCUT2D eigenvalue weighted by atomic mass is 35.5. The van der Waals surface area contributed by atoms with E-state index in [0.29, 0.717) is 10.6 Å². The van der Waals surface area contributed by atoms with Crippen LogP contribution in [0.4, 0.5) is 0 Å². The summed E-state index contributed by atoms with van der Waals surface area (Å²) in [5, 5.41) is 0.589. The number of hydrogen-bond acceptors (Lipinski definition) is 2. The summed E-state index contributed by atoms with van der Waals surface area (Å²) in [7, 11) is -1.29. The molecule has 0 N–H and O–H groups in total. The average Bonchev–Trinajstić information content (AvgIpc) is 2.95. The number of aryl methyl sites for hydroxylation is 2. The van der Waals surface area contributed by atoms with E-state index >= 15 is 0 Å². The third-order valence-electron chi connectivity index (χ3n) is 3.76. The zero-order chi connectivity index (χ0) is 14.8. The highest BCUT2D eigenvalue weighted by molar-refractivity contribution is 7.85. The zero-order valence-corrected chi connectivity index (χ0v) is 13.0. The lowest BCUT2D eigenvalue weighted by molar-refractivity contribution is 0.102.